The number of anilines is 1. The van der Waals surface area contributed by atoms with Crippen molar-refractivity contribution in [2.24, 2.45) is 5.11 Å². The molecule has 0 atom stereocenters. The third-order valence-corrected chi connectivity index (χ3v) is 3.75. The molecule has 8 nitrogen and oxygen atoms in total. The van der Waals surface area contributed by atoms with Crippen molar-refractivity contribution in [1.29, 1.82) is 5.53 Å². The van der Waals surface area contributed by atoms with Crippen molar-refractivity contribution in [3.8, 4) is 5.75 Å². The molecular weight excluding hydrogens is 336 g/mol. The van der Waals surface area contributed by atoms with Gasteiger partial charge < -0.3 is 10.4 Å². The smallest absolute Gasteiger partial charge is 0.273 e. The molecule has 0 aromatic heterocycles. The first-order chi connectivity index (χ1) is 12.3. The molecule has 0 fully saturated rings. The summed E-state index contributed by atoms with van der Waals surface area (Å²) < 4.78 is 0. The molecule has 134 valence electrons. The van der Waals surface area contributed by atoms with Gasteiger partial charge in [0.25, 0.3) is 5.69 Å². The second kappa shape index (κ2) is 8.02. The number of nitrogens with one attached hydrogen (secondary N) is 2. The van der Waals surface area contributed by atoms with Crippen LogP contribution in [0.15, 0.2) is 59.5 Å². The van der Waals surface area contributed by atoms with Crippen LogP contribution in [0.1, 0.15) is 35.7 Å². The van der Waals surface area contributed by atoms with E-state index in [2.05, 4.69) is 10.4 Å². The number of phenols is 1. The summed E-state index contributed by atoms with van der Waals surface area (Å²) >= 11 is 0. The average molecular weight is 354 g/mol. The van der Waals surface area contributed by atoms with E-state index in [0.717, 1.165) is 11.6 Å². The zero-order valence-electron chi connectivity index (χ0n) is 14.3. The lowest BCUT2D eigenvalue weighted by atomic mass is 10.00. The van der Waals surface area contributed by atoms with Crippen molar-refractivity contribution < 1.29 is 14.8 Å². The Hall–Kier alpha value is -3.55. The second-order valence-electron chi connectivity index (χ2n) is 5.85. The van der Waals surface area contributed by atoms with E-state index < -0.39 is 10.7 Å². The molecule has 0 aliphatic heterocycles. The van der Waals surface area contributed by atoms with Gasteiger partial charge in [0.15, 0.2) is 0 Å². The minimum Gasteiger partial charge on any atom is -0.506 e. The molecule has 0 bridgehead atoms. The topological polar surface area (TPSA) is 129 Å². The molecule has 0 spiro atoms. The number of nitro groups is 1. The van der Waals surface area contributed by atoms with Gasteiger partial charge in [-0.3, -0.25) is 14.9 Å². The molecule has 0 saturated heterocycles. The molecule has 0 heterocycles. The first-order valence-electron chi connectivity index (χ1n) is 7.79. The largest absolute Gasteiger partial charge is 0.506 e. The predicted octanol–water partition coefficient (Wildman–Crippen LogP) is 4.59. The molecule has 0 saturated carbocycles. The first kappa shape index (κ1) is 18.8. The summed E-state index contributed by atoms with van der Waals surface area (Å²) in [7, 11) is 0. The van der Waals surface area contributed by atoms with Crippen molar-refractivity contribution in [3.05, 3.63) is 75.6 Å². The lowest BCUT2D eigenvalue weighted by Gasteiger charge is -2.07. The van der Waals surface area contributed by atoms with Crippen molar-refractivity contribution in [2.45, 2.75) is 19.8 Å². The van der Waals surface area contributed by atoms with Crippen LogP contribution in [-0.4, -0.2) is 15.8 Å². The molecule has 0 unspecified atom stereocenters. The number of nitro benzene ring substituents is 1. The lowest BCUT2D eigenvalue weighted by Crippen LogP contribution is -2.04. The minimum absolute atomic E-state index is 0.153. The van der Waals surface area contributed by atoms with E-state index in [9.17, 15) is 20.0 Å². The normalized spacial score (nSPS) is 11.3. The van der Waals surface area contributed by atoms with Crippen LogP contribution in [0.25, 0.3) is 0 Å². The van der Waals surface area contributed by atoms with Crippen molar-refractivity contribution in [2.75, 3.05) is 5.32 Å². The van der Waals surface area contributed by atoms with Gasteiger partial charge in [-0.1, -0.05) is 38.1 Å². The number of benzene rings is 2. The fraction of sp³-hybridized carbons (Fsp3) is 0.167. The Kier molecular flexibility index (Phi) is 5.79. The number of hydrogen-bond acceptors (Lipinski definition) is 7. The maximum absolute atomic E-state index is 12.4. The van der Waals surface area contributed by atoms with E-state index in [1.165, 1.54) is 18.3 Å². The maximum Gasteiger partial charge on any atom is 0.273 e. The SMILES string of the molecule is CC(C)c1ccc(C(=O)/C(=C/Nc2ccc([N+](=O)[O-])cc2O)N=N)cc1. The van der Waals surface area contributed by atoms with Gasteiger partial charge >= 0.3 is 0 Å². The van der Waals surface area contributed by atoms with Crippen molar-refractivity contribution in [3.63, 3.8) is 0 Å². The second-order valence-corrected chi connectivity index (χ2v) is 5.85. The molecule has 2 aromatic rings. The highest BCUT2D eigenvalue weighted by molar-refractivity contribution is 6.08. The summed E-state index contributed by atoms with van der Waals surface area (Å²) in [5.74, 6) is -0.473. The Morgan fingerprint density at radius 1 is 1.27 bits per heavy atom. The molecular formula is C18H18N4O4. The number of carbonyl (C=O) groups is 1. The highest BCUT2D eigenvalue weighted by Gasteiger charge is 2.14. The van der Waals surface area contributed by atoms with Crippen LogP contribution < -0.4 is 5.32 Å². The highest BCUT2D eigenvalue weighted by Crippen LogP contribution is 2.28. The number of ketones is 1. The Balaban J connectivity index is 2.20. The van der Waals surface area contributed by atoms with Gasteiger partial charge in [-0.2, -0.15) is 5.11 Å². The van der Waals surface area contributed by atoms with Crippen LogP contribution in [0.4, 0.5) is 11.4 Å². The summed E-state index contributed by atoms with van der Waals surface area (Å²) in [5.41, 5.74) is 8.40. The molecule has 8 heteroatoms. The lowest BCUT2D eigenvalue weighted by molar-refractivity contribution is -0.384. The molecule has 2 rings (SSSR count). The van der Waals surface area contributed by atoms with Crippen molar-refractivity contribution >= 4 is 17.2 Å². The van der Waals surface area contributed by atoms with E-state index in [1.54, 1.807) is 12.1 Å². The van der Waals surface area contributed by atoms with Gasteiger partial charge in [0, 0.05) is 17.8 Å². The number of nitrogens with zero attached hydrogens (tertiary/aromatic N) is 2. The van der Waals surface area contributed by atoms with Gasteiger partial charge in [-0.15, -0.1) is 0 Å². The quantitative estimate of drug-likeness (QED) is 0.167. The van der Waals surface area contributed by atoms with Crippen LogP contribution in [0.3, 0.4) is 0 Å². The van der Waals surface area contributed by atoms with Crippen molar-refractivity contribution in [1.82, 2.24) is 0 Å². The zero-order valence-corrected chi connectivity index (χ0v) is 14.3. The maximum atomic E-state index is 12.4. The number of rotatable bonds is 7. The van der Waals surface area contributed by atoms with E-state index in [1.807, 2.05) is 26.0 Å². The third-order valence-electron chi connectivity index (χ3n) is 3.75. The zero-order chi connectivity index (χ0) is 19.3. The number of non-ortho nitro benzene ring substituents is 1. The molecule has 3 N–H and O–H groups in total. The molecule has 2 aromatic carbocycles. The Labute approximate surface area is 149 Å². The summed E-state index contributed by atoms with van der Waals surface area (Å²) in [6.45, 7) is 4.09. The Morgan fingerprint density at radius 3 is 2.42 bits per heavy atom. The molecule has 26 heavy (non-hydrogen) atoms. The number of hydrogen-bond donors (Lipinski definition) is 3. The molecule has 0 aliphatic rings. The van der Waals surface area contributed by atoms with Gasteiger partial charge in [0.05, 0.1) is 16.7 Å². The Bertz CT molecular complexity index is 873. The van der Waals surface area contributed by atoms with Crippen LogP contribution in [0, 0.1) is 15.6 Å². The number of aromatic hydroxyl groups is 1. The third kappa shape index (κ3) is 4.29. The number of phenolic OH excluding ortho intramolecular Hbond substituents is 1. The highest BCUT2D eigenvalue weighted by atomic mass is 16.6. The van der Waals surface area contributed by atoms with Gasteiger partial charge in [-0.25, -0.2) is 5.53 Å². The fourth-order valence-corrected chi connectivity index (χ4v) is 2.22. The van der Waals surface area contributed by atoms with Crippen LogP contribution >= 0.6 is 0 Å². The van der Waals surface area contributed by atoms with E-state index in [4.69, 9.17) is 5.53 Å². The van der Waals surface area contributed by atoms with E-state index >= 15 is 0 Å². The van der Waals surface area contributed by atoms with Gasteiger partial charge in [0.1, 0.15) is 11.4 Å². The predicted molar refractivity (Wildman–Crippen MR) is 96.5 cm³/mol. The Morgan fingerprint density at radius 2 is 1.92 bits per heavy atom. The number of allylic oxidation sites excluding steroid dienone is 1. The summed E-state index contributed by atoms with van der Waals surface area (Å²) in [5, 5.41) is 26.3. The standard InChI is InChI=1S/C18H18N4O4/c1-11(2)12-3-5-13(6-4-12)18(24)16(21-19)10-20-15-8-7-14(22(25)26)9-17(15)23/h3-11,19-20,23H,1-2H3/b16-10-,21-19?. The number of carbonyl (C=O) groups excluding carboxylic acids is 1. The molecule has 0 aliphatic carbocycles. The van der Waals surface area contributed by atoms with E-state index in [-0.39, 0.29) is 22.8 Å². The summed E-state index contributed by atoms with van der Waals surface area (Å²) in [4.78, 5) is 22.5. The van der Waals surface area contributed by atoms with Gasteiger partial charge in [0.2, 0.25) is 5.78 Å². The monoisotopic (exact) mass is 354 g/mol. The van der Waals surface area contributed by atoms with Crippen LogP contribution in [-0.2, 0) is 0 Å². The number of Topliss-reactive ketones (excluding diaryl/α,β-unsaturated/α-hetero) is 1. The fourth-order valence-electron chi connectivity index (χ4n) is 2.22. The van der Waals surface area contributed by atoms with Crippen LogP contribution in [0.2, 0.25) is 0 Å². The molecule has 0 radical (unpaired) electrons. The van der Waals surface area contributed by atoms with Crippen LogP contribution in [0.5, 0.6) is 5.75 Å². The minimum atomic E-state index is -0.631. The summed E-state index contributed by atoms with van der Waals surface area (Å²) in [6, 6.07) is 10.5. The molecule has 0 amide bonds. The first-order valence-corrected chi connectivity index (χ1v) is 7.79. The van der Waals surface area contributed by atoms with Gasteiger partial charge in [-0.05, 0) is 17.5 Å². The average Bonchev–Trinajstić information content (AvgIpc) is 2.63. The summed E-state index contributed by atoms with van der Waals surface area (Å²) in [6.07, 6.45) is 1.17. The van der Waals surface area contributed by atoms with E-state index in [0.29, 0.717) is 11.5 Å².